The lowest BCUT2D eigenvalue weighted by atomic mass is 9.85. The number of benzene rings is 2. The van der Waals surface area contributed by atoms with E-state index in [1.165, 1.54) is 71.8 Å². The van der Waals surface area contributed by atoms with E-state index in [9.17, 15) is 0 Å². The molecule has 1 atom stereocenters. The molecule has 1 aliphatic heterocycles. The van der Waals surface area contributed by atoms with Crippen molar-refractivity contribution in [1.82, 2.24) is 9.55 Å². The summed E-state index contributed by atoms with van der Waals surface area (Å²) in [7, 11) is 0. The molecule has 10 rings (SSSR count). The number of allylic oxidation sites excluding steroid dienone is 15. The first-order chi connectivity index (χ1) is 23.8. The zero-order valence-electron chi connectivity index (χ0n) is 27.2. The fraction of sp³-hybridized carbons (Fsp3) is 0.222. The molecule has 0 spiro atoms. The van der Waals surface area contributed by atoms with Crippen LogP contribution >= 0.6 is 0 Å². The minimum Gasteiger partial charge on any atom is -0.464 e. The van der Waals surface area contributed by atoms with Gasteiger partial charge in [-0.3, -0.25) is 4.57 Å². The van der Waals surface area contributed by atoms with Crippen molar-refractivity contribution in [3.05, 3.63) is 153 Å². The third-order valence-corrected chi connectivity index (χ3v) is 11.1. The van der Waals surface area contributed by atoms with Crippen LogP contribution < -0.4 is 10.6 Å². The highest BCUT2D eigenvalue weighted by Gasteiger charge is 2.35. The summed E-state index contributed by atoms with van der Waals surface area (Å²) in [5.41, 5.74) is 11.9. The first kappa shape index (κ1) is 27.9. The van der Waals surface area contributed by atoms with Crippen LogP contribution in [0.2, 0.25) is 0 Å². The number of hydrogen-bond acceptors (Lipinski definition) is 2. The Morgan fingerprint density at radius 3 is 2.48 bits per heavy atom. The first-order valence-corrected chi connectivity index (χ1v) is 17.8. The van der Waals surface area contributed by atoms with E-state index in [0.29, 0.717) is 5.92 Å². The second-order valence-electron chi connectivity index (χ2n) is 13.8. The smallest absolute Gasteiger partial charge is 0.138 e. The van der Waals surface area contributed by atoms with E-state index in [1.54, 1.807) is 0 Å². The van der Waals surface area contributed by atoms with Crippen LogP contribution in [0.1, 0.15) is 68.9 Å². The number of para-hydroxylation sites is 1. The lowest BCUT2D eigenvalue weighted by Gasteiger charge is -2.20. The lowest BCUT2D eigenvalue weighted by molar-refractivity contribution is 0.294. The monoisotopic (exact) mass is 622 g/mol. The predicted octanol–water partition coefficient (Wildman–Crippen LogP) is 9.83. The van der Waals surface area contributed by atoms with E-state index < -0.39 is 0 Å². The number of aromatic nitrogens is 2. The molecule has 0 N–H and O–H groups in total. The molecular weight excluding hydrogens is 585 g/mol. The molecule has 3 nitrogen and oxygen atoms in total. The highest BCUT2D eigenvalue weighted by Crippen LogP contribution is 2.47. The Morgan fingerprint density at radius 2 is 1.56 bits per heavy atom. The van der Waals surface area contributed by atoms with Crippen molar-refractivity contribution >= 4 is 45.1 Å². The Labute approximate surface area is 281 Å². The highest BCUT2D eigenvalue weighted by molar-refractivity contribution is 6.10. The van der Waals surface area contributed by atoms with Crippen molar-refractivity contribution in [2.24, 2.45) is 5.92 Å². The molecule has 0 radical (unpaired) electrons. The molecule has 0 amide bonds. The van der Waals surface area contributed by atoms with Crippen LogP contribution in [0, 0.1) is 5.92 Å². The summed E-state index contributed by atoms with van der Waals surface area (Å²) in [5.74, 6) is 3.62. The summed E-state index contributed by atoms with van der Waals surface area (Å²) in [4.78, 5) is 5.36. The van der Waals surface area contributed by atoms with Gasteiger partial charge in [-0.05, 0) is 103 Å². The lowest BCUT2D eigenvalue weighted by Crippen LogP contribution is -2.34. The second-order valence-corrected chi connectivity index (χ2v) is 13.8. The second kappa shape index (κ2) is 11.2. The van der Waals surface area contributed by atoms with Gasteiger partial charge in [0.15, 0.2) is 0 Å². The number of ether oxygens (including phenoxy) is 1. The van der Waals surface area contributed by atoms with Crippen molar-refractivity contribution in [2.75, 3.05) is 0 Å². The minimum atomic E-state index is 0.330. The molecule has 0 saturated carbocycles. The number of hydrogen-bond donors (Lipinski definition) is 0. The standard InChI is InChI=1S/C45H38N2O/c1-2-11-29(12-3-1)30-21-23-31(24-22-30)38-28-44(46-40-18-7-4-13-34(38)40)47-41-19-8-5-14-35(41)39-27-32(25-26-42(39)47)33-16-10-17-37-36-15-6-9-20-43(36)48-45(33)37/h1-2,5-6,8,10-11,13-16,18-19,21,23,25-28,37H,3-4,7,9,12,17,20,22,24H2. The quantitative estimate of drug-likeness (QED) is 0.227. The average Bonchev–Trinajstić information content (AvgIpc) is 3.70. The van der Waals surface area contributed by atoms with Crippen molar-refractivity contribution < 1.29 is 4.74 Å². The molecule has 2 aromatic heterocycles. The Bertz CT molecular complexity index is 2450. The van der Waals surface area contributed by atoms with Gasteiger partial charge in [-0.2, -0.15) is 0 Å². The summed E-state index contributed by atoms with van der Waals surface area (Å²) in [6.45, 7) is 0. The zero-order valence-corrected chi connectivity index (χ0v) is 27.2. The Kier molecular flexibility index (Phi) is 6.53. The Morgan fingerprint density at radius 1 is 0.708 bits per heavy atom. The predicted molar refractivity (Wildman–Crippen MR) is 198 cm³/mol. The van der Waals surface area contributed by atoms with Crippen molar-refractivity contribution in [1.29, 1.82) is 0 Å². The summed E-state index contributed by atoms with van der Waals surface area (Å²) in [5, 5.41) is 4.91. The van der Waals surface area contributed by atoms with Crippen LogP contribution in [0.25, 0.3) is 50.9 Å². The van der Waals surface area contributed by atoms with Gasteiger partial charge in [0, 0.05) is 39.5 Å². The zero-order chi connectivity index (χ0) is 31.6. The van der Waals surface area contributed by atoms with Crippen LogP contribution in [-0.4, -0.2) is 9.55 Å². The van der Waals surface area contributed by atoms with E-state index >= 15 is 0 Å². The van der Waals surface area contributed by atoms with Gasteiger partial charge in [-0.25, -0.2) is 4.98 Å². The number of fused-ring (bicyclic) bond motifs is 6. The molecule has 0 fully saturated rings. The average molecular weight is 623 g/mol. The summed E-state index contributed by atoms with van der Waals surface area (Å²) in [6.07, 6.45) is 35.1. The van der Waals surface area contributed by atoms with Crippen LogP contribution in [0.15, 0.2) is 131 Å². The largest absolute Gasteiger partial charge is 0.464 e. The maximum absolute atomic E-state index is 6.59. The van der Waals surface area contributed by atoms with Gasteiger partial charge in [0.05, 0.1) is 16.4 Å². The van der Waals surface area contributed by atoms with Gasteiger partial charge in [0.25, 0.3) is 0 Å². The number of rotatable bonds is 4. The van der Waals surface area contributed by atoms with Crippen LogP contribution in [0.3, 0.4) is 0 Å². The van der Waals surface area contributed by atoms with Crippen molar-refractivity contribution in [2.45, 2.75) is 57.8 Å². The van der Waals surface area contributed by atoms with Gasteiger partial charge >= 0.3 is 0 Å². The van der Waals surface area contributed by atoms with Crippen molar-refractivity contribution in [3.63, 3.8) is 0 Å². The van der Waals surface area contributed by atoms with E-state index in [4.69, 9.17) is 9.72 Å². The molecule has 3 heterocycles. The van der Waals surface area contributed by atoms with Crippen LogP contribution in [-0.2, 0) is 4.74 Å². The minimum absolute atomic E-state index is 0.330. The maximum atomic E-state index is 6.59. The van der Waals surface area contributed by atoms with Gasteiger partial charge in [0.1, 0.15) is 17.3 Å². The summed E-state index contributed by atoms with van der Waals surface area (Å²) in [6, 6.07) is 18.1. The van der Waals surface area contributed by atoms with E-state index in [-0.39, 0.29) is 0 Å². The topological polar surface area (TPSA) is 27.1 Å². The molecule has 4 aromatic rings. The molecule has 3 heteroatoms. The molecular formula is C45H38N2O. The third-order valence-electron chi connectivity index (χ3n) is 11.1. The molecule has 2 aromatic carbocycles. The molecule has 0 bridgehead atoms. The fourth-order valence-corrected chi connectivity index (χ4v) is 8.69. The van der Waals surface area contributed by atoms with Crippen LogP contribution in [0.4, 0.5) is 0 Å². The van der Waals surface area contributed by atoms with Crippen LogP contribution in [0.5, 0.6) is 0 Å². The Balaban J connectivity index is 1.12. The van der Waals surface area contributed by atoms with Crippen molar-refractivity contribution in [3.8, 4) is 5.82 Å². The fourth-order valence-electron chi connectivity index (χ4n) is 8.69. The molecule has 5 aliphatic carbocycles. The number of nitrogens with zero attached hydrogens (tertiary/aromatic N) is 2. The molecule has 0 saturated heterocycles. The Hall–Kier alpha value is -5.15. The maximum Gasteiger partial charge on any atom is 0.138 e. The molecule has 6 aliphatic rings. The third kappa shape index (κ3) is 4.44. The molecule has 1 unspecified atom stereocenters. The van der Waals surface area contributed by atoms with E-state index in [2.05, 4.69) is 120 Å². The normalized spacial score (nSPS) is 21.2. The highest BCUT2D eigenvalue weighted by atomic mass is 16.5. The van der Waals surface area contributed by atoms with E-state index in [1.807, 2.05) is 0 Å². The van der Waals surface area contributed by atoms with E-state index in [0.717, 1.165) is 74.7 Å². The van der Waals surface area contributed by atoms with Gasteiger partial charge in [-0.1, -0.05) is 91.1 Å². The SMILES string of the molecule is C1=CCCC(C2=CC=C(c3cc(-n4c5ccccc5c5cc(C6=C7OC8=C(C=CCC8)C7CC=C6)ccc54)nc4c3=CCCC=4)CC2)=C1. The molecule has 48 heavy (non-hydrogen) atoms. The van der Waals surface area contributed by atoms with Gasteiger partial charge in [0.2, 0.25) is 0 Å². The van der Waals surface area contributed by atoms with Gasteiger partial charge in [-0.15, -0.1) is 0 Å². The first-order valence-electron chi connectivity index (χ1n) is 17.8. The van der Waals surface area contributed by atoms with Gasteiger partial charge < -0.3 is 4.74 Å². The summed E-state index contributed by atoms with van der Waals surface area (Å²) < 4.78 is 8.98. The summed E-state index contributed by atoms with van der Waals surface area (Å²) >= 11 is 0. The number of pyridine rings is 1. The molecule has 234 valence electrons.